The Labute approximate surface area is 133 Å². The van der Waals surface area contributed by atoms with Crippen LogP contribution in [0.15, 0.2) is 36.9 Å². The van der Waals surface area contributed by atoms with Crippen molar-refractivity contribution in [1.82, 2.24) is 24.8 Å². The molecule has 2 N–H and O–H groups in total. The Morgan fingerprint density at radius 3 is 3.13 bits per heavy atom. The van der Waals surface area contributed by atoms with Crippen LogP contribution in [0.25, 0.3) is 16.9 Å². The van der Waals surface area contributed by atoms with Crippen molar-refractivity contribution in [3.63, 3.8) is 0 Å². The quantitative estimate of drug-likeness (QED) is 0.762. The number of ether oxygens (including phenoxy) is 1. The number of rotatable bonds is 4. The molecular weight excluding hydrogens is 292 g/mol. The van der Waals surface area contributed by atoms with Gasteiger partial charge in [0, 0.05) is 18.7 Å². The van der Waals surface area contributed by atoms with Crippen molar-refractivity contribution in [1.29, 1.82) is 0 Å². The summed E-state index contributed by atoms with van der Waals surface area (Å²) in [7, 11) is 1.65. The summed E-state index contributed by atoms with van der Waals surface area (Å²) in [4.78, 5) is 13.4. The van der Waals surface area contributed by atoms with Crippen molar-refractivity contribution in [3.8, 4) is 11.6 Å². The van der Waals surface area contributed by atoms with Crippen LogP contribution in [-0.2, 0) is 0 Å². The molecule has 3 heterocycles. The van der Waals surface area contributed by atoms with Crippen molar-refractivity contribution < 1.29 is 4.74 Å². The van der Waals surface area contributed by atoms with Gasteiger partial charge >= 0.3 is 0 Å². The van der Waals surface area contributed by atoms with Crippen LogP contribution in [0, 0.1) is 0 Å². The molecule has 1 atom stereocenters. The summed E-state index contributed by atoms with van der Waals surface area (Å²) in [5, 5.41) is 6.75. The number of methoxy groups -OCH3 is 1. The molecule has 7 heteroatoms. The van der Waals surface area contributed by atoms with Crippen molar-refractivity contribution in [2.75, 3.05) is 25.5 Å². The molecule has 118 valence electrons. The first-order valence-corrected chi connectivity index (χ1v) is 7.64. The average Bonchev–Trinajstić information content (AvgIpc) is 3.23. The minimum atomic E-state index is 0.402. The fraction of sp³-hybridized carbons (Fsp3) is 0.312. The van der Waals surface area contributed by atoms with Crippen molar-refractivity contribution >= 4 is 16.9 Å². The second-order valence-corrected chi connectivity index (χ2v) is 5.57. The van der Waals surface area contributed by atoms with Crippen LogP contribution >= 0.6 is 0 Å². The first-order valence-electron chi connectivity index (χ1n) is 7.64. The van der Waals surface area contributed by atoms with Crippen LogP contribution in [-0.4, -0.2) is 45.8 Å². The smallest absolute Gasteiger partial charge is 0.159 e. The topological polar surface area (TPSA) is 76.9 Å². The molecule has 0 amide bonds. The summed E-state index contributed by atoms with van der Waals surface area (Å²) < 4.78 is 7.22. The Morgan fingerprint density at radius 2 is 2.30 bits per heavy atom. The van der Waals surface area contributed by atoms with E-state index >= 15 is 0 Å². The van der Waals surface area contributed by atoms with Gasteiger partial charge in [-0.15, -0.1) is 0 Å². The molecule has 7 nitrogen and oxygen atoms in total. The molecule has 1 fully saturated rings. The van der Waals surface area contributed by atoms with Gasteiger partial charge in [0.15, 0.2) is 5.82 Å². The van der Waals surface area contributed by atoms with Crippen molar-refractivity contribution in [3.05, 3.63) is 36.9 Å². The lowest BCUT2D eigenvalue weighted by atomic mass is 10.2. The zero-order valence-corrected chi connectivity index (χ0v) is 12.9. The summed E-state index contributed by atoms with van der Waals surface area (Å²) in [6.07, 6.45) is 6.34. The predicted molar refractivity (Wildman–Crippen MR) is 88.1 cm³/mol. The zero-order chi connectivity index (χ0) is 15.6. The molecule has 0 bridgehead atoms. The number of fused-ring (bicyclic) bond motifs is 1. The third-order valence-electron chi connectivity index (χ3n) is 4.04. The molecule has 1 aliphatic heterocycles. The normalized spacial score (nSPS) is 17.5. The maximum absolute atomic E-state index is 5.30. The van der Waals surface area contributed by atoms with Gasteiger partial charge in [-0.05, 0) is 25.1 Å². The van der Waals surface area contributed by atoms with E-state index in [2.05, 4.69) is 25.6 Å². The van der Waals surface area contributed by atoms with Gasteiger partial charge in [0.1, 0.15) is 17.9 Å². The molecule has 0 saturated carbocycles. The molecule has 4 rings (SSSR count). The number of aromatic nitrogens is 4. The lowest BCUT2D eigenvalue weighted by molar-refractivity contribution is 0.415. The van der Waals surface area contributed by atoms with Crippen molar-refractivity contribution in [2.24, 2.45) is 0 Å². The Hall–Kier alpha value is -2.67. The molecule has 0 spiro atoms. The summed E-state index contributed by atoms with van der Waals surface area (Å²) >= 11 is 0. The van der Waals surface area contributed by atoms with Gasteiger partial charge in [-0.3, -0.25) is 9.55 Å². The van der Waals surface area contributed by atoms with Gasteiger partial charge in [-0.1, -0.05) is 0 Å². The van der Waals surface area contributed by atoms with Crippen LogP contribution in [0.5, 0.6) is 5.75 Å². The monoisotopic (exact) mass is 310 g/mol. The van der Waals surface area contributed by atoms with E-state index in [-0.39, 0.29) is 0 Å². The third-order valence-corrected chi connectivity index (χ3v) is 4.04. The second-order valence-electron chi connectivity index (χ2n) is 5.57. The molecule has 1 aliphatic rings. The molecule has 0 aliphatic carbocycles. The minimum absolute atomic E-state index is 0.402. The second kappa shape index (κ2) is 5.85. The highest BCUT2D eigenvalue weighted by Crippen LogP contribution is 2.22. The molecule has 23 heavy (non-hydrogen) atoms. The first kappa shape index (κ1) is 14.0. The van der Waals surface area contributed by atoms with Crippen molar-refractivity contribution in [2.45, 2.75) is 12.5 Å². The number of anilines is 1. The highest BCUT2D eigenvalue weighted by atomic mass is 16.5. The van der Waals surface area contributed by atoms with Gasteiger partial charge in [0.05, 0.1) is 30.5 Å². The Kier molecular flexibility index (Phi) is 3.55. The molecule has 3 aromatic rings. The lowest BCUT2D eigenvalue weighted by Crippen LogP contribution is -2.23. The molecule has 1 saturated heterocycles. The van der Waals surface area contributed by atoms with E-state index in [0.717, 1.165) is 47.9 Å². The number of nitrogens with zero attached hydrogens (tertiary/aromatic N) is 4. The summed E-state index contributed by atoms with van der Waals surface area (Å²) in [5.74, 6) is 2.30. The molecule has 1 unspecified atom stereocenters. The molecule has 0 radical (unpaired) electrons. The van der Waals surface area contributed by atoms with E-state index in [4.69, 9.17) is 4.74 Å². The van der Waals surface area contributed by atoms with Gasteiger partial charge in [-0.25, -0.2) is 9.97 Å². The molecular formula is C16H18N6O. The number of hydrogen-bond donors (Lipinski definition) is 2. The van der Waals surface area contributed by atoms with Gasteiger partial charge < -0.3 is 15.4 Å². The molecule has 2 aromatic heterocycles. The van der Waals surface area contributed by atoms with E-state index in [9.17, 15) is 0 Å². The number of imidazole rings is 1. The molecule has 1 aromatic carbocycles. The predicted octanol–water partition coefficient (Wildman–Crippen LogP) is 1.60. The van der Waals surface area contributed by atoms with Crippen LogP contribution in [0.1, 0.15) is 6.42 Å². The summed E-state index contributed by atoms with van der Waals surface area (Å²) in [6, 6.07) is 6.19. The minimum Gasteiger partial charge on any atom is -0.497 e. The summed E-state index contributed by atoms with van der Waals surface area (Å²) in [5.41, 5.74) is 1.84. The van der Waals surface area contributed by atoms with E-state index in [0.29, 0.717) is 6.04 Å². The maximum Gasteiger partial charge on any atom is 0.159 e. The van der Waals surface area contributed by atoms with Crippen LogP contribution in [0.4, 0.5) is 5.82 Å². The zero-order valence-electron chi connectivity index (χ0n) is 12.9. The fourth-order valence-corrected chi connectivity index (χ4v) is 2.83. The fourth-order valence-electron chi connectivity index (χ4n) is 2.83. The highest BCUT2D eigenvalue weighted by molar-refractivity contribution is 5.78. The SMILES string of the molecule is COc1ccc2ncn(-c3cncc(NC4CCNC4)n3)c2c1. The largest absolute Gasteiger partial charge is 0.497 e. The van der Waals surface area contributed by atoms with E-state index < -0.39 is 0 Å². The summed E-state index contributed by atoms with van der Waals surface area (Å²) in [6.45, 7) is 1.99. The van der Waals surface area contributed by atoms with E-state index in [1.54, 1.807) is 25.8 Å². The number of benzene rings is 1. The van der Waals surface area contributed by atoms with Crippen LogP contribution in [0.3, 0.4) is 0 Å². The Balaban J connectivity index is 1.69. The van der Waals surface area contributed by atoms with Gasteiger partial charge in [-0.2, -0.15) is 0 Å². The number of nitrogens with one attached hydrogen (secondary N) is 2. The van der Waals surface area contributed by atoms with E-state index in [1.165, 1.54) is 0 Å². The Bertz CT molecular complexity index is 824. The lowest BCUT2D eigenvalue weighted by Gasteiger charge is -2.12. The van der Waals surface area contributed by atoms with Gasteiger partial charge in [0.2, 0.25) is 0 Å². The third kappa shape index (κ3) is 2.70. The highest BCUT2D eigenvalue weighted by Gasteiger charge is 2.15. The Morgan fingerprint density at radius 1 is 1.35 bits per heavy atom. The maximum atomic E-state index is 5.30. The van der Waals surface area contributed by atoms with E-state index in [1.807, 2.05) is 22.8 Å². The van der Waals surface area contributed by atoms with Crippen LogP contribution < -0.4 is 15.4 Å². The first-order chi connectivity index (χ1) is 11.3. The number of hydrogen-bond acceptors (Lipinski definition) is 6. The van der Waals surface area contributed by atoms with Crippen LogP contribution in [0.2, 0.25) is 0 Å². The average molecular weight is 310 g/mol. The standard InChI is InChI=1S/C16H18N6O/c1-23-12-2-3-13-14(6-12)22(10-19-13)16-9-18-8-15(21-16)20-11-4-5-17-7-11/h2-3,6,8-11,17H,4-5,7H2,1H3,(H,20,21). The van der Waals surface area contributed by atoms with Gasteiger partial charge in [0.25, 0.3) is 0 Å².